The van der Waals surface area contributed by atoms with Crippen LogP contribution in [0.15, 0.2) is 18.2 Å². The second kappa shape index (κ2) is 8.04. The largest absolute Gasteiger partial charge is 0.342 e. The minimum atomic E-state index is -1.34. The fraction of sp³-hybridized carbons (Fsp3) is 0.529. The van der Waals surface area contributed by atoms with E-state index in [1.807, 2.05) is 13.8 Å². The van der Waals surface area contributed by atoms with E-state index in [4.69, 9.17) is 0 Å². The molecule has 0 aromatic heterocycles. The third kappa shape index (κ3) is 4.74. The lowest BCUT2D eigenvalue weighted by molar-refractivity contribution is -0.146. The molecule has 0 aliphatic heterocycles. The van der Waals surface area contributed by atoms with Crippen molar-refractivity contribution in [3.63, 3.8) is 0 Å². The number of carbonyl (C=O) groups is 2. The predicted octanol–water partition coefficient (Wildman–Crippen LogP) is 3.58. The fourth-order valence-electron chi connectivity index (χ4n) is 2.22. The zero-order valence-electron chi connectivity index (χ0n) is 14.1. The number of carbonyl (C=O) groups excluding carboxylic acids is 2. The molecule has 0 bridgehead atoms. The van der Waals surface area contributed by atoms with Crippen molar-refractivity contribution in [3.05, 3.63) is 29.8 Å². The standard InChI is InChI=1S/C17H24F2N2O2/c1-5-9-21(10-6-2)16(23)17(3,4)15(22)20-14-8-7-12(18)11-13(14)19/h7-8,11H,5-6,9-10H2,1-4H3,(H,20,22). The molecule has 4 nitrogen and oxygen atoms in total. The molecule has 0 aliphatic carbocycles. The maximum Gasteiger partial charge on any atom is 0.239 e. The maximum atomic E-state index is 13.7. The molecule has 0 saturated carbocycles. The Morgan fingerprint density at radius 1 is 1.13 bits per heavy atom. The van der Waals surface area contributed by atoms with Crippen molar-refractivity contribution in [2.75, 3.05) is 18.4 Å². The van der Waals surface area contributed by atoms with E-state index in [0.29, 0.717) is 19.2 Å². The Hall–Kier alpha value is -1.98. The topological polar surface area (TPSA) is 49.4 Å². The van der Waals surface area contributed by atoms with Gasteiger partial charge in [0.1, 0.15) is 17.0 Å². The summed E-state index contributed by atoms with van der Waals surface area (Å²) in [7, 11) is 0. The second-order valence-electron chi connectivity index (χ2n) is 6.00. The maximum absolute atomic E-state index is 13.7. The number of rotatable bonds is 7. The summed E-state index contributed by atoms with van der Waals surface area (Å²) >= 11 is 0. The highest BCUT2D eigenvalue weighted by molar-refractivity contribution is 6.09. The van der Waals surface area contributed by atoms with Crippen LogP contribution in [0.2, 0.25) is 0 Å². The molecular weight excluding hydrogens is 302 g/mol. The van der Waals surface area contributed by atoms with Gasteiger partial charge in [-0.15, -0.1) is 0 Å². The van der Waals surface area contributed by atoms with Gasteiger partial charge in [0.05, 0.1) is 5.69 Å². The Morgan fingerprint density at radius 3 is 2.17 bits per heavy atom. The van der Waals surface area contributed by atoms with Crippen LogP contribution in [0.4, 0.5) is 14.5 Å². The monoisotopic (exact) mass is 326 g/mol. The molecule has 1 rings (SSSR count). The summed E-state index contributed by atoms with van der Waals surface area (Å²) in [6, 6.07) is 2.87. The Kier molecular flexibility index (Phi) is 6.66. The molecule has 0 atom stereocenters. The van der Waals surface area contributed by atoms with Crippen LogP contribution in [0, 0.1) is 17.0 Å². The molecule has 23 heavy (non-hydrogen) atoms. The summed E-state index contributed by atoms with van der Waals surface area (Å²) in [5.74, 6) is -2.53. The molecule has 0 heterocycles. The first-order valence-corrected chi connectivity index (χ1v) is 7.79. The Labute approximate surface area is 135 Å². The molecule has 0 saturated heterocycles. The third-order valence-electron chi connectivity index (χ3n) is 3.56. The number of nitrogens with zero attached hydrogens (tertiary/aromatic N) is 1. The SMILES string of the molecule is CCCN(CCC)C(=O)C(C)(C)C(=O)Nc1ccc(F)cc1F. The molecule has 128 valence electrons. The van der Waals surface area contributed by atoms with Gasteiger partial charge in [-0.05, 0) is 38.8 Å². The van der Waals surface area contributed by atoms with Gasteiger partial charge in [0.15, 0.2) is 0 Å². The van der Waals surface area contributed by atoms with Crippen molar-refractivity contribution in [1.29, 1.82) is 0 Å². The number of anilines is 1. The van der Waals surface area contributed by atoms with Crippen LogP contribution in [0.3, 0.4) is 0 Å². The van der Waals surface area contributed by atoms with Gasteiger partial charge in [0, 0.05) is 19.2 Å². The number of benzene rings is 1. The van der Waals surface area contributed by atoms with Gasteiger partial charge in [0.2, 0.25) is 11.8 Å². The van der Waals surface area contributed by atoms with Gasteiger partial charge < -0.3 is 10.2 Å². The van der Waals surface area contributed by atoms with Crippen molar-refractivity contribution in [2.45, 2.75) is 40.5 Å². The normalized spacial score (nSPS) is 11.2. The molecule has 0 unspecified atom stereocenters. The van der Waals surface area contributed by atoms with Crippen LogP contribution in [0.25, 0.3) is 0 Å². The molecular formula is C17H24F2N2O2. The van der Waals surface area contributed by atoms with Gasteiger partial charge in [-0.3, -0.25) is 9.59 Å². The van der Waals surface area contributed by atoms with Crippen molar-refractivity contribution in [3.8, 4) is 0 Å². The number of halogens is 2. The van der Waals surface area contributed by atoms with Gasteiger partial charge in [-0.1, -0.05) is 13.8 Å². The summed E-state index contributed by atoms with van der Waals surface area (Å²) in [5.41, 5.74) is -1.49. The van der Waals surface area contributed by atoms with E-state index in [1.165, 1.54) is 13.8 Å². The van der Waals surface area contributed by atoms with Crippen LogP contribution in [-0.4, -0.2) is 29.8 Å². The fourth-order valence-corrected chi connectivity index (χ4v) is 2.22. The van der Waals surface area contributed by atoms with Gasteiger partial charge >= 0.3 is 0 Å². The third-order valence-corrected chi connectivity index (χ3v) is 3.56. The van der Waals surface area contributed by atoms with E-state index in [2.05, 4.69) is 5.32 Å². The van der Waals surface area contributed by atoms with Crippen LogP contribution in [0.5, 0.6) is 0 Å². The number of hydrogen-bond donors (Lipinski definition) is 1. The van der Waals surface area contributed by atoms with E-state index in [1.54, 1.807) is 4.90 Å². The summed E-state index contributed by atoms with van der Waals surface area (Å²) in [6.07, 6.45) is 1.58. The molecule has 0 radical (unpaired) electrons. The average molecular weight is 326 g/mol. The molecule has 2 amide bonds. The lowest BCUT2D eigenvalue weighted by atomic mass is 9.90. The highest BCUT2D eigenvalue weighted by Crippen LogP contribution is 2.24. The number of hydrogen-bond acceptors (Lipinski definition) is 2. The van der Waals surface area contributed by atoms with Gasteiger partial charge in [-0.2, -0.15) is 0 Å². The minimum Gasteiger partial charge on any atom is -0.342 e. The van der Waals surface area contributed by atoms with Crippen LogP contribution >= 0.6 is 0 Å². The van der Waals surface area contributed by atoms with Crippen LogP contribution < -0.4 is 5.32 Å². The van der Waals surface area contributed by atoms with Crippen molar-refractivity contribution in [1.82, 2.24) is 4.90 Å². The predicted molar refractivity (Wildman–Crippen MR) is 85.9 cm³/mol. The summed E-state index contributed by atoms with van der Waals surface area (Å²) in [5, 5.41) is 2.37. The van der Waals surface area contributed by atoms with E-state index in [0.717, 1.165) is 25.0 Å². The van der Waals surface area contributed by atoms with Crippen LogP contribution in [0.1, 0.15) is 40.5 Å². The molecule has 6 heteroatoms. The minimum absolute atomic E-state index is 0.144. The Bertz CT molecular complexity index is 568. The van der Waals surface area contributed by atoms with Crippen molar-refractivity contribution < 1.29 is 18.4 Å². The first-order valence-electron chi connectivity index (χ1n) is 7.79. The first-order chi connectivity index (χ1) is 10.7. The zero-order chi connectivity index (χ0) is 17.6. The number of nitrogens with one attached hydrogen (secondary N) is 1. The summed E-state index contributed by atoms with van der Waals surface area (Å²) in [4.78, 5) is 26.7. The summed E-state index contributed by atoms with van der Waals surface area (Å²) < 4.78 is 26.6. The van der Waals surface area contributed by atoms with E-state index >= 15 is 0 Å². The highest BCUT2D eigenvalue weighted by Gasteiger charge is 2.39. The van der Waals surface area contributed by atoms with Gasteiger partial charge in [-0.25, -0.2) is 8.78 Å². The smallest absolute Gasteiger partial charge is 0.239 e. The molecule has 1 aromatic carbocycles. The molecule has 0 fully saturated rings. The lowest BCUT2D eigenvalue weighted by Crippen LogP contribution is -2.48. The Morgan fingerprint density at radius 2 is 1.70 bits per heavy atom. The van der Waals surface area contributed by atoms with E-state index in [9.17, 15) is 18.4 Å². The number of amides is 2. The second-order valence-corrected chi connectivity index (χ2v) is 6.00. The van der Waals surface area contributed by atoms with Gasteiger partial charge in [0.25, 0.3) is 0 Å². The van der Waals surface area contributed by atoms with Crippen LogP contribution in [-0.2, 0) is 9.59 Å². The molecule has 0 aliphatic rings. The van der Waals surface area contributed by atoms with E-state index in [-0.39, 0.29) is 11.6 Å². The highest BCUT2D eigenvalue weighted by atomic mass is 19.1. The molecule has 1 N–H and O–H groups in total. The molecule has 0 spiro atoms. The van der Waals surface area contributed by atoms with Crippen molar-refractivity contribution >= 4 is 17.5 Å². The quantitative estimate of drug-likeness (QED) is 0.779. The van der Waals surface area contributed by atoms with E-state index < -0.39 is 23.0 Å². The first kappa shape index (κ1) is 19.1. The molecule has 1 aromatic rings. The summed E-state index contributed by atoms with van der Waals surface area (Å²) in [6.45, 7) is 8.05. The average Bonchev–Trinajstić information content (AvgIpc) is 2.48. The Balaban J connectivity index is 2.92. The zero-order valence-corrected chi connectivity index (χ0v) is 14.1. The lowest BCUT2D eigenvalue weighted by Gasteiger charge is -2.30. The van der Waals surface area contributed by atoms with Crippen molar-refractivity contribution in [2.24, 2.45) is 5.41 Å².